The van der Waals surface area contributed by atoms with E-state index in [1.165, 1.54) is 0 Å². The van der Waals surface area contributed by atoms with Gasteiger partial charge in [-0.05, 0) is 31.2 Å². The zero-order chi connectivity index (χ0) is 11.0. The summed E-state index contributed by atoms with van der Waals surface area (Å²) < 4.78 is 13.1. The van der Waals surface area contributed by atoms with Gasteiger partial charge >= 0.3 is 0 Å². The van der Waals surface area contributed by atoms with Gasteiger partial charge in [0.1, 0.15) is 0 Å². The van der Waals surface area contributed by atoms with Crippen molar-refractivity contribution in [1.29, 1.82) is 0 Å². The molecule has 1 saturated carbocycles. The molecule has 0 radical (unpaired) electrons. The van der Waals surface area contributed by atoms with Gasteiger partial charge in [-0.1, -0.05) is 11.6 Å². The maximum absolute atomic E-state index is 13.1. The number of halogens is 2. The van der Waals surface area contributed by atoms with Crippen LogP contribution in [0.1, 0.15) is 30.0 Å². The van der Waals surface area contributed by atoms with Gasteiger partial charge in [-0.25, -0.2) is 4.39 Å². The summed E-state index contributed by atoms with van der Waals surface area (Å²) in [5.74, 6) is 0.0104. The number of aromatic nitrogens is 1. The molecular formula is C11H13ClFNO. The first kappa shape index (κ1) is 10.8. The lowest BCUT2D eigenvalue weighted by Gasteiger charge is -2.15. The van der Waals surface area contributed by atoms with Crippen LogP contribution in [0.2, 0.25) is 5.02 Å². The van der Waals surface area contributed by atoms with Crippen molar-refractivity contribution in [3.8, 4) is 0 Å². The number of hydrogen-bond acceptors (Lipinski definition) is 2. The summed E-state index contributed by atoms with van der Waals surface area (Å²) in [6, 6.07) is 0. The Labute approximate surface area is 93.1 Å². The second-order valence-electron chi connectivity index (χ2n) is 4.06. The molecule has 0 amide bonds. The maximum atomic E-state index is 13.1. The number of aliphatic hydroxyl groups is 1. The Balaban J connectivity index is 2.38. The third-order valence-electron chi connectivity index (χ3n) is 2.98. The van der Waals surface area contributed by atoms with Crippen molar-refractivity contribution in [2.75, 3.05) is 6.61 Å². The summed E-state index contributed by atoms with van der Waals surface area (Å²) in [4.78, 5) is 4.05. The van der Waals surface area contributed by atoms with Crippen LogP contribution in [0.3, 0.4) is 0 Å². The van der Waals surface area contributed by atoms with Gasteiger partial charge < -0.3 is 5.11 Å². The van der Waals surface area contributed by atoms with Gasteiger partial charge in [-0.3, -0.25) is 4.98 Å². The largest absolute Gasteiger partial charge is 0.396 e. The van der Waals surface area contributed by atoms with Crippen molar-refractivity contribution in [3.05, 3.63) is 28.3 Å². The Morgan fingerprint density at radius 3 is 2.87 bits per heavy atom. The molecule has 1 aromatic rings. The number of nitrogens with zero attached hydrogens (tertiary/aromatic N) is 1. The fraction of sp³-hybridized carbons (Fsp3) is 0.545. The molecule has 1 aromatic heterocycles. The molecule has 1 aliphatic carbocycles. The van der Waals surface area contributed by atoms with Crippen LogP contribution < -0.4 is 0 Å². The summed E-state index contributed by atoms with van der Waals surface area (Å²) in [6.45, 7) is 1.80. The van der Waals surface area contributed by atoms with Crippen LogP contribution in [-0.2, 0) is 0 Å². The van der Waals surface area contributed by atoms with Crippen LogP contribution >= 0.6 is 11.6 Å². The lowest BCUT2D eigenvalue weighted by molar-refractivity contribution is 0.250. The topological polar surface area (TPSA) is 33.1 Å². The monoisotopic (exact) mass is 229 g/mol. The highest BCUT2D eigenvalue weighted by molar-refractivity contribution is 6.31. The van der Waals surface area contributed by atoms with E-state index in [1.54, 1.807) is 6.92 Å². The Morgan fingerprint density at radius 2 is 2.33 bits per heavy atom. The molecule has 1 N–H and O–H groups in total. The van der Waals surface area contributed by atoms with E-state index < -0.39 is 5.82 Å². The molecule has 0 bridgehead atoms. The molecular weight excluding hydrogens is 217 g/mol. The van der Waals surface area contributed by atoms with Crippen molar-refractivity contribution < 1.29 is 9.50 Å². The number of rotatable bonds is 3. The zero-order valence-electron chi connectivity index (χ0n) is 8.50. The normalized spacial score (nSPS) is 17.9. The predicted octanol–water partition coefficient (Wildman–Crippen LogP) is 2.67. The Bertz CT molecular complexity index is 379. The average molecular weight is 230 g/mol. The molecule has 2 nitrogen and oxygen atoms in total. The first-order valence-electron chi connectivity index (χ1n) is 5.06. The number of hydrogen-bond donors (Lipinski definition) is 1. The SMILES string of the molecule is Cc1c(C(CO)C2CC2)ncc(F)c1Cl. The summed E-state index contributed by atoms with van der Waals surface area (Å²) >= 11 is 5.81. The van der Waals surface area contributed by atoms with Crippen molar-refractivity contribution in [2.24, 2.45) is 5.92 Å². The lowest BCUT2D eigenvalue weighted by atomic mass is 9.96. The van der Waals surface area contributed by atoms with E-state index in [9.17, 15) is 9.50 Å². The van der Waals surface area contributed by atoms with E-state index >= 15 is 0 Å². The van der Waals surface area contributed by atoms with Crippen molar-refractivity contribution >= 4 is 11.6 Å². The van der Waals surface area contributed by atoms with Crippen LogP contribution in [0.15, 0.2) is 6.20 Å². The van der Waals surface area contributed by atoms with E-state index in [1.807, 2.05) is 0 Å². The average Bonchev–Trinajstić information content (AvgIpc) is 3.03. The molecule has 1 unspecified atom stereocenters. The second kappa shape index (κ2) is 4.06. The number of pyridine rings is 1. The maximum Gasteiger partial charge on any atom is 0.160 e. The second-order valence-corrected chi connectivity index (χ2v) is 4.43. The number of aliphatic hydroxyl groups excluding tert-OH is 1. The smallest absolute Gasteiger partial charge is 0.160 e. The minimum Gasteiger partial charge on any atom is -0.396 e. The van der Waals surface area contributed by atoms with E-state index in [0.29, 0.717) is 11.5 Å². The van der Waals surface area contributed by atoms with Gasteiger partial charge in [0.15, 0.2) is 5.82 Å². The first-order valence-corrected chi connectivity index (χ1v) is 5.44. The Hall–Kier alpha value is -0.670. The molecule has 82 valence electrons. The van der Waals surface area contributed by atoms with Gasteiger partial charge in [0, 0.05) is 5.92 Å². The Kier molecular flexibility index (Phi) is 2.94. The fourth-order valence-electron chi connectivity index (χ4n) is 1.90. The van der Waals surface area contributed by atoms with Crippen molar-refractivity contribution in [3.63, 3.8) is 0 Å². The van der Waals surface area contributed by atoms with E-state index in [-0.39, 0.29) is 17.5 Å². The minimum atomic E-state index is -0.495. The van der Waals surface area contributed by atoms with E-state index in [4.69, 9.17) is 11.6 Å². The van der Waals surface area contributed by atoms with Gasteiger partial charge in [0.2, 0.25) is 0 Å². The molecule has 1 fully saturated rings. The van der Waals surface area contributed by atoms with Crippen molar-refractivity contribution in [1.82, 2.24) is 4.98 Å². The van der Waals surface area contributed by atoms with Gasteiger partial charge in [0.25, 0.3) is 0 Å². The van der Waals surface area contributed by atoms with E-state index in [0.717, 1.165) is 24.7 Å². The van der Waals surface area contributed by atoms with Crippen LogP contribution in [0.25, 0.3) is 0 Å². The fourth-order valence-corrected chi connectivity index (χ4v) is 2.05. The highest BCUT2D eigenvalue weighted by Gasteiger charge is 2.34. The molecule has 1 heterocycles. The lowest BCUT2D eigenvalue weighted by Crippen LogP contribution is -2.11. The van der Waals surface area contributed by atoms with Crippen molar-refractivity contribution in [2.45, 2.75) is 25.7 Å². The summed E-state index contributed by atoms with van der Waals surface area (Å²) in [5, 5.41) is 9.42. The molecule has 2 rings (SSSR count). The molecule has 4 heteroatoms. The molecule has 0 saturated heterocycles. The molecule has 0 spiro atoms. The third-order valence-corrected chi connectivity index (χ3v) is 3.44. The minimum absolute atomic E-state index is 0.0168. The summed E-state index contributed by atoms with van der Waals surface area (Å²) in [5.41, 5.74) is 1.40. The summed E-state index contributed by atoms with van der Waals surface area (Å²) in [7, 11) is 0. The van der Waals surface area contributed by atoms with E-state index in [2.05, 4.69) is 4.98 Å². The molecule has 1 aliphatic rings. The molecule has 0 aromatic carbocycles. The van der Waals surface area contributed by atoms with Gasteiger partial charge in [0.05, 0.1) is 23.5 Å². The van der Waals surface area contributed by atoms with Crippen LogP contribution in [-0.4, -0.2) is 16.7 Å². The third kappa shape index (κ3) is 1.99. The standard InChI is InChI=1S/C11H13ClFNO/c1-6-10(12)9(13)4-14-11(6)8(5-15)7-2-3-7/h4,7-8,15H,2-3,5H2,1H3. The van der Waals surface area contributed by atoms with Gasteiger partial charge in [-0.2, -0.15) is 0 Å². The Morgan fingerprint density at radius 1 is 1.67 bits per heavy atom. The molecule has 0 aliphatic heterocycles. The quantitative estimate of drug-likeness (QED) is 0.865. The van der Waals surface area contributed by atoms with Crippen LogP contribution in [0.4, 0.5) is 4.39 Å². The highest BCUT2D eigenvalue weighted by atomic mass is 35.5. The molecule has 15 heavy (non-hydrogen) atoms. The van der Waals surface area contributed by atoms with Gasteiger partial charge in [-0.15, -0.1) is 0 Å². The zero-order valence-corrected chi connectivity index (χ0v) is 9.26. The highest BCUT2D eigenvalue weighted by Crippen LogP contribution is 2.43. The predicted molar refractivity (Wildman–Crippen MR) is 56.5 cm³/mol. The first-order chi connectivity index (χ1) is 7.15. The molecule has 1 atom stereocenters. The van der Waals surface area contributed by atoms with Crippen LogP contribution in [0.5, 0.6) is 0 Å². The summed E-state index contributed by atoms with van der Waals surface area (Å²) in [6.07, 6.45) is 3.36. The van der Waals surface area contributed by atoms with Crippen LogP contribution in [0, 0.1) is 18.7 Å².